The summed E-state index contributed by atoms with van der Waals surface area (Å²) in [7, 11) is 0. The number of Topliss-reactive ketones (excluding diaryl/α,β-unsaturated/α-hetero) is 1. The smallest absolute Gasteiger partial charge is 0.161 e. The summed E-state index contributed by atoms with van der Waals surface area (Å²) in [5.74, 6) is 1.09. The first-order chi connectivity index (χ1) is 8.59. The number of nitrogens with zero attached hydrogens (tertiary/aromatic N) is 1. The molecule has 0 spiro atoms. The molecule has 0 radical (unpaired) electrons. The van der Waals surface area contributed by atoms with Gasteiger partial charge in [0.05, 0.1) is 0 Å². The molecule has 18 heavy (non-hydrogen) atoms. The highest BCUT2D eigenvalue weighted by atomic mass is 16.1. The van der Waals surface area contributed by atoms with E-state index in [9.17, 15) is 4.79 Å². The molecule has 0 atom stereocenters. The third-order valence-electron chi connectivity index (χ3n) is 4.44. The molecule has 1 aliphatic rings. The van der Waals surface area contributed by atoms with Gasteiger partial charge in [-0.3, -0.25) is 4.79 Å². The average molecular weight is 247 g/mol. The van der Waals surface area contributed by atoms with Crippen LogP contribution < -0.4 is 0 Å². The van der Waals surface area contributed by atoms with Crippen LogP contribution in [0.4, 0.5) is 0 Å². The lowest BCUT2D eigenvalue weighted by Crippen LogP contribution is -2.12. The fourth-order valence-electron chi connectivity index (χ4n) is 3.29. The summed E-state index contributed by atoms with van der Waals surface area (Å²) in [5, 5.41) is 0. The van der Waals surface area contributed by atoms with E-state index in [1.807, 2.05) is 6.07 Å². The maximum absolute atomic E-state index is 11.5. The molecule has 2 heteroatoms. The van der Waals surface area contributed by atoms with Crippen molar-refractivity contribution in [3.63, 3.8) is 0 Å². The van der Waals surface area contributed by atoms with E-state index in [4.69, 9.17) is 0 Å². The van der Waals surface area contributed by atoms with Gasteiger partial charge in [-0.05, 0) is 39.2 Å². The Hall–Kier alpha value is -1.05. The van der Waals surface area contributed by atoms with E-state index in [0.29, 0.717) is 0 Å². The van der Waals surface area contributed by atoms with Crippen molar-refractivity contribution < 1.29 is 4.79 Å². The summed E-state index contributed by atoms with van der Waals surface area (Å²) in [5.41, 5.74) is 3.28. The van der Waals surface area contributed by atoms with E-state index >= 15 is 0 Å². The van der Waals surface area contributed by atoms with Gasteiger partial charge in [0.15, 0.2) is 5.78 Å². The number of carbonyl (C=O) groups is 1. The third kappa shape index (κ3) is 2.85. The van der Waals surface area contributed by atoms with E-state index in [1.54, 1.807) is 6.92 Å². The lowest BCUT2D eigenvalue weighted by atomic mass is 9.87. The van der Waals surface area contributed by atoms with Gasteiger partial charge in [0.1, 0.15) is 0 Å². The molecule has 0 saturated heterocycles. The van der Waals surface area contributed by atoms with E-state index in [0.717, 1.165) is 23.7 Å². The van der Waals surface area contributed by atoms with E-state index in [1.165, 1.54) is 44.2 Å². The van der Waals surface area contributed by atoms with Crippen LogP contribution in [0.5, 0.6) is 0 Å². The van der Waals surface area contributed by atoms with Gasteiger partial charge >= 0.3 is 0 Å². The highest BCUT2D eigenvalue weighted by Crippen LogP contribution is 2.27. The Morgan fingerprint density at radius 2 is 1.94 bits per heavy atom. The van der Waals surface area contributed by atoms with Crippen molar-refractivity contribution in [1.82, 2.24) is 4.57 Å². The number of hydrogen-bond donors (Lipinski definition) is 0. The number of hydrogen-bond acceptors (Lipinski definition) is 1. The van der Waals surface area contributed by atoms with Crippen LogP contribution in [0.1, 0.15) is 67.2 Å². The van der Waals surface area contributed by atoms with Crippen LogP contribution in [-0.2, 0) is 6.54 Å². The fourth-order valence-corrected chi connectivity index (χ4v) is 3.29. The second kappa shape index (κ2) is 5.73. The van der Waals surface area contributed by atoms with Crippen LogP contribution in [0.15, 0.2) is 6.07 Å². The molecule has 1 aliphatic carbocycles. The van der Waals surface area contributed by atoms with Crippen LogP contribution in [0, 0.1) is 19.8 Å². The van der Waals surface area contributed by atoms with Gasteiger partial charge in [0.2, 0.25) is 0 Å². The third-order valence-corrected chi connectivity index (χ3v) is 4.44. The van der Waals surface area contributed by atoms with Gasteiger partial charge in [-0.15, -0.1) is 0 Å². The molecule has 1 aromatic rings. The van der Waals surface area contributed by atoms with Crippen molar-refractivity contribution in [1.29, 1.82) is 0 Å². The van der Waals surface area contributed by atoms with Gasteiger partial charge < -0.3 is 4.57 Å². The number of aryl methyl sites for hydroxylation is 1. The second-order valence-corrected chi connectivity index (χ2v) is 5.79. The normalized spacial score (nSPS) is 17.1. The Balaban J connectivity index is 2.02. The zero-order valence-corrected chi connectivity index (χ0v) is 12.0. The summed E-state index contributed by atoms with van der Waals surface area (Å²) in [6, 6.07) is 2.04. The Labute approximate surface area is 110 Å². The van der Waals surface area contributed by atoms with Crippen molar-refractivity contribution in [2.24, 2.45) is 5.92 Å². The summed E-state index contributed by atoms with van der Waals surface area (Å²) in [6.45, 7) is 6.92. The number of carbonyl (C=O) groups excluding carboxylic acids is 1. The van der Waals surface area contributed by atoms with E-state index in [-0.39, 0.29) is 5.78 Å². The summed E-state index contributed by atoms with van der Waals surface area (Å²) in [6.07, 6.45) is 8.32. The van der Waals surface area contributed by atoms with Crippen molar-refractivity contribution in [3.05, 3.63) is 23.0 Å². The van der Waals surface area contributed by atoms with Crippen LogP contribution >= 0.6 is 0 Å². The molecule has 1 saturated carbocycles. The number of aromatic nitrogens is 1. The molecule has 2 nitrogen and oxygen atoms in total. The molecule has 0 amide bonds. The average Bonchev–Trinajstić information content (AvgIpc) is 2.64. The predicted octanol–water partition coefficient (Wildman–Crippen LogP) is 4.28. The minimum absolute atomic E-state index is 0.187. The highest BCUT2D eigenvalue weighted by molar-refractivity contribution is 5.95. The molecule has 0 bridgehead atoms. The predicted molar refractivity (Wildman–Crippen MR) is 75.1 cm³/mol. The fraction of sp³-hybridized carbons (Fsp3) is 0.688. The van der Waals surface area contributed by atoms with Crippen molar-refractivity contribution >= 4 is 5.78 Å². The first-order valence-electron chi connectivity index (χ1n) is 7.27. The van der Waals surface area contributed by atoms with Crippen molar-refractivity contribution in [2.75, 3.05) is 0 Å². The molecule has 1 fully saturated rings. The SMILES string of the molecule is CC(=O)c1cc(C)n(CCC2CCCCC2)c1C. The quantitative estimate of drug-likeness (QED) is 0.728. The summed E-state index contributed by atoms with van der Waals surface area (Å²) >= 11 is 0. The maximum atomic E-state index is 11.5. The number of rotatable bonds is 4. The first kappa shape index (κ1) is 13.4. The molecule has 100 valence electrons. The van der Waals surface area contributed by atoms with Crippen molar-refractivity contribution in [2.45, 2.75) is 65.8 Å². The van der Waals surface area contributed by atoms with Crippen LogP contribution in [0.2, 0.25) is 0 Å². The second-order valence-electron chi connectivity index (χ2n) is 5.79. The van der Waals surface area contributed by atoms with Gasteiger partial charge in [-0.1, -0.05) is 32.1 Å². The first-order valence-corrected chi connectivity index (χ1v) is 7.27. The summed E-state index contributed by atoms with van der Waals surface area (Å²) in [4.78, 5) is 11.5. The standard InChI is InChI=1S/C16H25NO/c1-12-11-16(14(3)18)13(2)17(12)10-9-15-7-5-4-6-8-15/h11,15H,4-10H2,1-3H3. The molecule has 0 aliphatic heterocycles. The zero-order chi connectivity index (χ0) is 13.1. The molecule has 1 heterocycles. The van der Waals surface area contributed by atoms with Crippen LogP contribution in [0.3, 0.4) is 0 Å². The zero-order valence-electron chi connectivity index (χ0n) is 12.0. The van der Waals surface area contributed by atoms with Crippen LogP contribution in [0.25, 0.3) is 0 Å². The minimum atomic E-state index is 0.187. The molecule has 2 rings (SSSR count). The minimum Gasteiger partial charge on any atom is -0.348 e. The van der Waals surface area contributed by atoms with E-state index in [2.05, 4.69) is 18.4 Å². The van der Waals surface area contributed by atoms with Crippen molar-refractivity contribution in [3.8, 4) is 0 Å². The monoisotopic (exact) mass is 247 g/mol. The molecular formula is C16H25NO. The Bertz CT molecular complexity index is 425. The largest absolute Gasteiger partial charge is 0.348 e. The Kier molecular flexibility index (Phi) is 4.26. The molecule has 1 aromatic heterocycles. The number of ketones is 1. The van der Waals surface area contributed by atoms with Crippen LogP contribution in [-0.4, -0.2) is 10.4 Å². The molecule has 0 N–H and O–H groups in total. The van der Waals surface area contributed by atoms with Gasteiger partial charge in [-0.2, -0.15) is 0 Å². The lowest BCUT2D eigenvalue weighted by molar-refractivity contribution is 0.101. The van der Waals surface area contributed by atoms with Gasteiger partial charge in [-0.25, -0.2) is 0 Å². The highest BCUT2D eigenvalue weighted by Gasteiger charge is 2.16. The maximum Gasteiger partial charge on any atom is 0.161 e. The molecule has 0 unspecified atom stereocenters. The lowest BCUT2D eigenvalue weighted by Gasteiger charge is -2.22. The Morgan fingerprint density at radius 3 is 2.50 bits per heavy atom. The topological polar surface area (TPSA) is 22.0 Å². The van der Waals surface area contributed by atoms with Gasteiger partial charge in [0, 0.05) is 23.5 Å². The summed E-state index contributed by atoms with van der Waals surface area (Å²) < 4.78 is 2.32. The van der Waals surface area contributed by atoms with E-state index < -0.39 is 0 Å². The van der Waals surface area contributed by atoms with Gasteiger partial charge in [0.25, 0.3) is 0 Å². The molecule has 0 aromatic carbocycles. The Morgan fingerprint density at radius 1 is 1.28 bits per heavy atom. The molecular weight excluding hydrogens is 222 g/mol.